The van der Waals surface area contributed by atoms with Crippen LogP contribution in [0.5, 0.6) is 5.75 Å². The molecule has 1 saturated carbocycles. The van der Waals surface area contributed by atoms with Gasteiger partial charge >= 0.3 is 0 Å². The van der Waals surface area contributed by atoms with Crippen molar-refractivity contribution < 1.29 is 4.74 Å². The van der Waals surface area contributed by atoms with E-state index >= 15 is 0 Å². The summed E-state index contributed by atoms with van der Waals surface area (Å²) < 4.78 is 5.79. The van der Waals surface area contributed by atoms with Crippen LogP contribution in [0.1, 0.15) is 41.1 Å². The van der Waals surface area contributed by atoms with E-state index in [0.717, 1.165) is 17.3 Å². The van der Waals surface area contributed by atoms with Crippen molar-refractivity contribution in [2.24, 2.45) is 0 Å². The van der Waals surface area contributed by atoms with E-state index < -0.39 is 0 Å². The van der Waals surface area contributed by atoms with Gasteiger partial charge in [0.05, 0.1) is 0 Å². The van der Waals surface area contributed by atoms with Crippen LogP contribution in [0.25, 0.3) is 0 Å². The van der Waals surface area contributed by atoms with Gasteiger partial charge in [0.15, 0.2) is 0 Å². The summed E-state index contributed by atoms with van der Waals surface area (Å²) in [5.74, 6) is 0.913. The molecule has 21 heavy (non-hydrogen) atoms. The zero-order chi connectivity index (χ0) is 14.5. The van der Waals surface area contributed by atoms with Crippen molar-refractivity contribution >= 4 is 11.3 Å². The first-order valence-electron chi connectivity index (χ1n) is 7.66. The van der Waals surface area contributed by atoms with E-state index in [0.29, 0.717) is 12.6 Å². The number of hydrogen-bond acceptors (Lipinski definition) is 4. The third kappa shape index (κ3) is 4.29. The standard InChI is InChI=1S/C17H22N2OS/c1-13-5-4-8-15(9-13)20-12-17-19-11-16(21-17)10-18-14-6-2-3-7-14/h4-5,8-9,11,14,18H,2-3,6-7,10,12H2,1H3. The molecule has 0 saturated heterocycles. The Hall–Kier alpha value is -1.39. The maximum Gasteiger partial charge on any atom is 0.140 e. The quantitative estimate of drug-likeness (QED) is 0.873. The van der Waals surface area contributed by atoms with Gasteiger partial charge in [-0.25, -0.2) is 4.98 Å². The van der Waals surface area contributed by atoms with E-state index in [-0.39, 0.29) is 0 Å². The fourth-order valence-corrected chi connectivity index (χ4v) is 3.51. The van der Waals surface area contributed by atoms with Crippen molar-refractivity contribution in [2.45, 2.75) is 51.8 Å². The van der Waals surface area contributed by atoms with Gasteiger partial charge in [-0.3, -0.25) is 0 Å². The molecular weight excluding hydrogens is 280 g/mol. The van der Waals surface area contributed by atoms with Gasteiger partial charge in [-0.15, -0.1) is 11.3 Å². The Bertz CT molecular complexity index is 576. The first kappa shape index (κ1) is 14.5. The summed E-state index contributed by atoms with van der Waals surface area (Å²) >= 11 is 1.74. The Balaban J connectivity index is 1.48. The predicted molar refractivity (Wildman–Crippen MR) is 86.7 cm³/mol. The maximum absolute atomic E-state index is 5.79. The molecule has 1 fully saturated rings. The van der Waals surface area contributed by atoms with Crippen molar-refractivity contribution in [1.29, 1.82) is 0 Å². The lowest BCUT2D eigenvalue weighted by Gasteiger charge is -2.09. The average Bonchev–Trinajstić information content (AvgIpc) is 3.15. The summed E-state index contributed by atoms with van der Waals surface area (Å²) in [4.78, 5) is 5.75. The number of benzene rings is 1. The molecule has 0 radical (unpaired) electrons. The maximum atomic E-state index is 5.79. The molecule has 1 aromatic carbocycles. The molecule has 1 N–H and O–H groups in total. The number of ether oxygens (including phenoxy) is 1. The summed E-state index contributed by atoms with van der Waals surface area (Å²) in [6.45, 7) is 3.56. The lowest BCUT2D eigenvalue weighted by atomic mass is 10.2. The Kier molecular flexibility index (Phi) is 4.88. The molecule has 3 rings (SSSR count). The highest BCUT2D eigenvalue weighted by molar-refractivity contribution is 7.11. The Morgan fingerprint density at radius 3 is 3.00 bits per heavy atom. The average molecular weight is 302 g/mol. The van der Waals surface area contributed by atoms with Gasteiger partial charge in [0.25, 0.3) is 0 Å². The molecule has 1 heterocycles. The summed E-state index contributed by atoms with van der Waals surface area (Å²) in [6, 6.07) is 8.84. The molecular formula is C17H22N2OS. The van der Waals surface area contributed by atoms with E-state index in [2.05, 4.69) is 29.4 Å². The number of hydrogen-bond donors (Lipinski definition) is 1. The minimum atomic E-state index is 0.553. The number of thiazole rings is 1. The fourth-order valence-electron chi connectivity index (χ4n) is 2.72. The third-order valence-electron chi connectivity index (χ3n) is 3.87. The molecule has 1 aromatic heterocycles. The fraction of sp³-hybridized carbons (Fsp3) is 0.471. The smallest absolute Gasteiger partial charge is 0.140 e. The highest BCUT2D eigenvalue weighted by Gasteiger charge is 2.14. The minimum Gasteiger partial charge on any atom is -0.486 e. The normalized spacial score (nSPS) is 15.5. The molecule has 1 aliphatic carbocycles. The molecule has 1 aliphatic rings. The molecule has 0 bridgehead atoms. The molecule has 0 spiro atoms. The Morgan fingerprint density at radius 1 is 1.33 bits per heavy atom. The zero-order valence-corrected chi connectivity index (χ0v) is 13.3. The highest BCUT2D eigenvalue weighted by atomic mass is 32.1. The molecule has 0 amide bonds. The van der Waals surface area contributed by atoms with Crippen LogP contribution in [0, 0.1) is 6.92 Å². The molecule has 3 nitrogen and oxygen atoms in total. The topological polar surface area (TPSA) is 34.1 Å². The van der Waals surface area contributed by atoms with E-state index in [1.807, 2.05) is 18.3 Å². The molecule has 2 aromatic rings. The first-order valence-corrected chi connectivity index (χ1v) is 8.48. The number of aromatic nitrogens is 1. The largest absolute Gasteiger partial charge is 0.486 e. The number of nitrogens with one attached hydrogen (secondary N) is 1. The molecule has 0 atom stereocenters. The predicted octanol–water partition coefficient (Wildman–Crippen LogP) is 4.06. The van der Waals surface area contributed by atoms with Gasteiger partial charge in [-0.1, -0.05) is 25.0 Å². The molecule has 0 aliphatic heterocycles. The van der Waals surface area contributed by atoms with Crippen molar-refractivity contribution in [3.8, 4) is 5.75 Å². The minimum absolute atomic E-state index is 0.553. The Labute approximate surface area is 130 Å². The first-order chi connectivity index (χ1) is 10.3. The summed E-state index contributed by atoms with van der Waals surface area (Å²) in [7, 11) is 0. The van der Waals surface area contributed by atoms with Gasteiger partial charge in [-0.2, -0.15) is 0 Å². The summed E-state index contributed by atoms with van der Waals surface area (Å²) in [6.07, 6.45) is 7.36. The van der Waals surface area contributed by atoms with Crippen LogP contribution in [0.2, 0.25) is 0 Å². The molecule has 4 heteroatoms. The second-order valence-electron chi connectivity index (χ2n) is 5.69. The molecule has 112 valence electrons. The van der Waals surface area contributed by atoms with Crippen LogP contribution in [-0.4, -0.2) is 11.0 Å². The SMILES string of the molecule is Cc1cccc(OCc2ncc(CNC3CCCC3)s2)c1. The van der Waals surface area contributed by atoms with Crippen LogP contribution in [0.3, 0.4) is 0 Å². The molecule has 0 unspecified atom stereocenters. The third-order valence-corrected chi connectivity index (χ3v) is 4.84. The number of nitrogens with zero attached hydrogens (tertiary/aromatic N) is 1. The van der Waals surface area contributed by atoms with Crippen LogP contribution in [-0.2, 0) is 13.2 Å². The highest BCUT2D eigenvalue weighted by Crippen LogP contribution is 2.20. The zero-order valence-electron chi connectivity index (χ0n) is 12.5. The second kappa shape index (κ2) is 7.05. The lowest BCUT2D eigenvalue weighted by Crippen LogP contribution is -2.24. The monoisotopic (exact) mass is 302 g/mol. The van der Waals surface area contributed by atoms with E-state index in [4.69, 9.17) is 4.74 Å². The van der Waals surface area contributed by atoms with Crippen molar-refractivity contribution in [3.63, 3.8) is 0 Å². The van der Waals surface area contributed by atoms with Gasteiger partial charge in [0.2, 0.25) is 0 Å². The van der Waals surface area contributed by atoms with Crippen molar-refractivity contribution in [1.82, 2.24) is 10.3 Å². The summed E-state index contributed by atoms with van der Waals surface area (Å²) in [5.41, 5.74) is 1.22. The lowest BCUT2D eigenvalue weighted by molar-refractivity contribution is 0.305. The van der Waals surface area contributed by atoms with Crippen LogP contribution in [0.4, 0.5) is 0 Å². The van der Waals surface area contributed by atoms with Crippen LogP contribution in [0.15, 0.2) is 30.5 Å². The van der Waals surface area contributed by atoms with Gasteiger partial charge in [-0.05, 0) is 37.5 Å². The van der Waals surface area contributed by atoms with E-state index in [1.165, 1.54) is 36.1 Å². The van der Waals surface area contributed by atoms with Gasteiger partial charge in [0, 0.05) is 23.7 Å². The van der Waals surface area contributed by atoms with Crippen molar-refractivity contribution in [2.75, 3.05) is 0 Å². The van der Waals surface area contributed by atoms with Crippen LogP contribution >= 0.6 is 11.3 Å². The number of aryl methyl sites for hydroxylation is 1. The van der Waals surface area contributed by atoms with Crippen molar-refractivity contribution in [3.05, 3.63) is 45.9 Å². The van der Waals surface area contributed by atoms with Gasteiger partial charge < -0.3 is 10.1 Å². The van der Waals surface area contributed by atoms with Gasteiger partial charge in [0.1, 0.15) is 17.4 Å². The second-order valence-corrected chi connectivity index (χ2v) is 6.89. The van der Waals surface area contributed by atoms with Crippen LogP contribution < -0.4 is 10.1 Å². The number of rotatable bonds is 6. The van der Waals surface area contributed by atoms with E-state index in [9.17, 15) is 0 Å². The summed E-state index contributed by atoms with van der Waals surface area (Å²) in [5, 5.41) is 4.66. The Morgan fingerprint density at radius 2 is 2.19 bits per heavy atom. The van der Waals surface area contributed by atoms with E-state index in [1.54, 1.807) is 11.3 Å².